The molecule has 5 nitrogen and oxygen atoms in total. The van der Waals surface area contributed by atoms with Crippen molar-refractivity contribution in [3.05, 3.63) is 0 Å². The van der Waals surface area contributed by atoms with Gasteiger partial charge >= 0.3 is 11.9 Å². The lowest BCUT2D eigenvalue weighted by molar-refractivity contribution is -0.134. The van der Waals surface area contributed by atoms with Gasteiger partial charge in [0.05, 0.1) is 14.2 Å². The first-order valence-corrected chi connectivity index (χ1v) is 4.92. The summed E-state index contributed by atoms with van der Waals surface area (Å²) >= 11 is 0. The molecule has 0 saturated heterocycles. The van der Waals surface area contributed by atoms with Gasteiger partial charge in [-0.1, -0.05) is 11.8 Å². The van der Waals surface area contributed by atoms with E-state index in [1.54, 1.807) is 0 Å². The van der Waals surface area contributed by atoms with E-state index in [-0.39, 0.29) is 6.61 Å². The van der Waals surface area contributed by atoms with Crippen LogP contribution in [0.15, 0.2) is 0 Å². The van der Waals surface area contributed by atoms with E-state index < -0.39 is 11.9 Å². The number of esters is 2. The fraction of sp³-hybridized carbons (Fsp3) is 0.500. The molecule has 0 radical (unpaired) electrons. The van der Waals surface area contributed by atoms with Gasteiger partial charge in [-0.15, -0.1) is 0 Å². The van der Waals surface area contributed by atoms with E-state index in [4.69, 9.17) is 4.74 Å². The summed E-state index contributed by atoms with van der Waals surface area (Å²) in [6.07, 6.45) is 1.23. The van der Waals surface area contributed by atoms with Gasteiger partial charge in [0.25, 0.3) is 0 Å². The molecule has 0 saturated carbocycles. The minimum Gasteiger partial charge on any atom is -0.459 e. The average Bonchev–Trinajstić information content (AvgIpc) is 2.35. The topological polar surface area (TPSA) is 61.8 Å². The zero-order valence-corrected chi connectivity index (χ0v) is 9.87. The molecule has 5 heteroatoms. The Morgan fingerprint density at radius 2 is 1.59 bits per heavy atom. The molecule has 0 fully saturated rings. The van der Waals surface area contributed by atoms with E-state index in [1.165, 1.54) is 14.2 Å². The average molecular weight is 238 g/mol. The largest absolute Gasteiger partial charge is 0.459 e. The molecule has 17 heavy (non-hydrogen) atoms. The van der Waals surface area contributed by atoms with E-state index in [0.29, 0.717) is 19.4 Å². The quantitative estimate of drug-likeness (QED) is 0.301. The van der Waals surface area contributed by atoms with Crippen molar-refractivity contribution in [2.24, 2.45) is 0 Å². The Balaban J connectivity index is 3.45. The number of ether oxygens (including phenoxy) is 3. The van der Waals surface area contributed by atoms with Crippen molar-refractivity contribution in [2.75, 3.05) is 27.4 Å². The van der Waals surface area contributed by atoms with Gasteiger partial charge in [-0.2, -0.15) is 0 Å². The highest BCUT2D eigenvalue weighted by Gasteiger charge is 1.90. The van der Waals surface area contributed by atoms with Crippen molar-refractivity contribution < 1.29 is 23.8 Å². The summed E-state index contributed by atoms with van der Waals surface area (Å²) in [4.78, 5) is 21.2. The van der Waals surface area contributed by atoms with Gasteiger partial charge in [-0.3, -0.25) is 0 Å². The number of carbonyl (C=O) groups excluding carboxylic acids is 2. The SMILES string of the molecule is COC(=O)C#CCCCOCC#CC(=O)OC. The maximum absolute atomic E-state index is 10.6. The lowest BCUT2D eigenvalue weighted by atomic mass is 10.3. The van der Waals surface area contributed by atoms with Crippen molar-refractivity contribution in [3.63, 3.8) is 0 Å². The molecular weight excluding hydrogens is 224 g/mol. The number of methoxy groups -OCH3 is 2. The van der Waals surface area contributed by atoms with Crippen LogP contribution in [-0.4, -0.2) is 39.4 Å². The molecule has 0 aliphatic heterocycles. The van der Waals surface area contributed by atoms with Crippen molar-refractivity contribution in [1.82, 2.24) is 0 Å². The van der Waals surface area contributed by atoms with Crippen LogP contribution < -0.4 is 0 Å². The smallest absolute Gasteiger partial charge is 0.384 e. The van der Waals surface area contributed by atoms with Crippen LogP contribution in [0.25, 0.3) is 0 Å². The van der Waals surface area contributed by atoms with Gasteiger partial charge in [0, 0.05) is 24.9 Å². The Hall–Kier alpha value is -1.98. The van der Waals surface area contributed by atoms with E-state index in [9.17, 15) is 9.59 Å². The molecule has 0 bridgehead atoms. The van der Waals surface area contributed by atoms with Crippen molar-refractivity contribution in [3.8, 4) is 23.7 Å². The first-order chi connectivity index (χ1) is 8.20. The first-order valence-electron chi connectivity index (χ1n) is 4.92. The summed E-state index contributed by atoms with van der Waals surface area (Å²) in [5.74, 6) is 8.54. The van der Waals surface area contributed by atoms with E-state index >= 15 is 0 Å². The predicted molar refractivity (Wildman–Crippen MR) is 59.6 cm³/mol. The summed E-state index contributed by atoms with van der Waals surface area (Å²) in [6, 6.07) is 0. The zero-order valence-electron chi connectivity index (χ0n) is 9.87. The highest BCUT2D eigenvalue weighted by Crippen LogP contribution is 1.87. The molecular formula is C12H14O5. The number of hydrogen-bond donors (Lipinski definition) is 0. The normalized spacial score (nSPS) is 8.12. The van der Waals surface area contributed by atoms with Gasteiger partial charge in [0.2, 0.25) is 0 Å². The molecule has 0 N–H and O–H groups in total. The third-order valence-corrected chi connectivity index (χ3v) is 1.52. The van der Waals surface area contributed by atoms with E-state index in [1.807, 2.05) is 0 Å². The van der Waals surface area contributed by atoms with Crippen LogP contribution in [0, 0.1) is 23.7 Å². The Morgan fingerprint density at radius 3 is 2.18 bits per heavy atom. The minimum absolute atomic E-state index is 0.166. The lowest BCUT2D eigenvalue weighted by Gasteiger charge is -1.95. The van der Waals surface area contributed by atoms with Crippen LogP contribution in [0.4, 0.5) is 0 Å². The fourth-order valence-corrected chi connectivity index (χ4v) is 0.731. The van der Waals surface area contributed by atoms with Gasteiger partial charge in [-0.25, -0.2) is 9.59 Å². The monoisotopic (exact) mass is 238 g/mol. The summed E-state index contributed by atoms with van der Waals surface area (Å²) in [5.41, 5.74) is 0. The molecule has 0 aliphatic carbocycles. The van der Waals surface area contributed by atoms with Crippen molar-refractivity contribution in [2.45, 2.75) is 12.8 Å². The molecule has 0 unspecified atom stereocenters. The summed E-state index contributed by atoms with van der Waals surface area (Å²) in [5, 5.41) is 0. The van der Waals surface area contributed by atoms with Crippen LogP contribution in [0.2, 0.25) is 0 Å². The molecule has 92 valence electrons. The summed E-state index contributed by atoms with van der Waals surface area (Å²) < 4.78 is 13.7. The Kier molecular flexibility index (Phi) is 9.31. The molecule has 0 aromatic heterocycles. The highest BCUT2D eigenvalue weighted by molar-refractivity contribution is 5.88. The molecule has 0 amide bonds. The number of unbranched alkanes of at least 4 members (excludes halogenated alkanes) is 1. The molecule has 0 heterocycles. The first kappa shape index (κ1) is 15.0. The second-order valence-corrected chi connectivity index (χ2v) is 2.74. The minimum atomic E-state index is -0.586. The molecule has 0 aromatic rings. The fourth-order valence-electron chi connectivity index (χ4n) is 0.731. The highest BCUT2D eigenvalue weighted by atomic mass is 16.5. The van der Waals surface area contributed by atoms with Crippen LogP contribution >= 0.6 is 0 Å². The molecule has 0 spiro atoms. The third kappa shape index (κ3) is 10.3. The summed E-state index contributed by atoms with van der Waals surface area (Å²) in [6.45, 7) is 0.630. The van der Waals surface area contributed by atoms with Gasteiger partial charge < -0.3 is 14.2 Å². The Labute approximate surface area is 100 Å². The number of carbonyl (C=O) groups is 2. The van der Waals surface area contributed by atoms with Gasteiger partial charge in [0.1, 0.15) is 6.61 Å². The Bertz CT molecular complexity index is 328. The number of rotatable bonds is 4. The van der Waals surface area contributed by atoms with Crippen LogP contribution in [0.1, 0.15) is 12.8 Å². The van der Waals surface area contributed by atoms with E-state index in [2.05, 4.69) is 33.2 Å². The van der Waals surface area contributed by atoms with Gasteiger partial charge in [0.15, 0.2) is 0 Å². The Morgan fingerprint density at radius 1 is 1.00 bits per heavy atom. The van der Waals surface area contributed by atoms with E-state index in [0.717, 1.165) is 0 Å². The van der Waals surface area contributed by atoms with Gasteiger partial charge in [-0.05, 0) is 6.42 Å². The van der Waals surface area contributed by atoms with Crippen LogP contribution in [0.3, 0.4) is 0 Å². The maximum Gasteiger partial charge on any atom is 0.384 e. The molecule has 0 atom stereocenters. The molecule has 0 rings (SSSR count). The maximum atomic E-state index is 10.6. The van der Waals surface area contributed by atoms with Crippen LogP contribution in [0.5, 0.6) is 0 Å². The molecule has 0 aliphatic rings. The third-order valence-electron chi connectivity index (χ3n) is 1.52. The molecule has 0 aromatic carbocycles. The van der Waals surface area contributed by atoms with Crippen molar-refractivity contribution in [1.29, 1.82) is 0 Å². The number of hydrogen-bond acceptors (Lipinski definition) is 5. The summed E-state index contributed by atoms with van der Waals surface area (Å²) in [7, 11) is 2.54. The second kappa shape index (κ2) is 10.5. The van der Waals surface area contributed by atoms with Crippen LogP contribution in [-0.2, 0) is 23.8 Å². The standard InChI is InChI=1S/C12H14O5/c1-15-11(13)7-4-3-5-9-17-10-6-8-12(14)16-2/h3,5,9-10H2,1-2H3. The van der Waals surface area contributed by atoms with Crippen molar-refractivity contribution >= 4 is 11.9 Å². The lowest BCUT2D eigenvalue weighted by Crippen LogP contribution is -1.98. The second-order valence-electron chi connectivity index (χ2n) is 2.74. The zero-order chi connectivity index (χ0) is 12.9. The predicted octanol–water partition coefficient (Wildman–Crippen LogP) is 0.136.